The van der Waals surface area contributed by atoms with Crippen molar-refractivity contribution in [1.82, 2.24) is 24.9 Å². The Labute approximate surface area is 182 Å². The van der Waals surface area contributed by atoms with Gasteiger partial charge in [0.15, 0.2) is 0 Å². The highest BCUT2D eigenvalue weighted by molar-refractivity contribution is 5.99. The quantitative estimate of drug-likeness (QED) is 0.667. The monoisotopic (exact) mass is 417 g/mol. The van der Waals surface area contributed by atoms with Crippen LogP contribution in [0.5, 0.6) is 0 Å². The molecule has 3 aromatic rings. The highest BCUT2D eigenvalue weighted by atomic mass is 16.2. The molecule has 0 radical (unpaired) electrons. The SMILES string of the molecule is CNC(=O)CN1CCN(C(=O)c2cn(Cc3ccccc3)nc2-c2ccccc2)CC1. The van der Waals surface area contributed by atoms with Crippen molar-refractivity contribution in [1.29, 1.82) is 0 Å². The van der Waals surface area contributed by atoms with Crippen LogP contribution in [0, 0.1) is 0 Å². The predicted molar refractivity (Wildman–Crippen MR) is 120 cm³/mol. The molecule has 0 spiro atoms. The number of aromatic nitrogens is 2. The number of carbonyl (C=O) groups is 2. The molecule has 2 amide bonds. The van der Waals surface area contributed by atoms with Gasteiger partial charge in [0, 0.05) is 45.0 Å². The number of likely N-dealkylation sites (N-methyl/N-ethyl adjacent to an activating group) is 1. The zero-order valence-electron chi connectivity index (χ0n) is 17.7. The Balaban J connectivity index is 1.55. The minimum atomic E-state index is -0.0160. The number of benzene rings is 2. The van der Waals surface area contributed by atoms with Gasteiger partial charge in [-0.2, -0.15) is 5.10 Å². The maximum absolute atomic E-state index is 13.4. The fourth-order valence-corrected chi connectivity index (χ4v) is 3.80. The second-order valence-electron chi connectivity index (χ2n) is 7.68. The molecular formula is C24H27N5O2. The van der Waals surface area contributed by atoms with Gasteiger partial charge in [-0.3, -0.25) is 19.2 Å². The third-order valence-corrected chi connectivity index (χ3v) is 5.53. The van der Waals surface area contributed by atoms with Gasteiger partial charge in [0.25, 0.3) is 5.91 Å². The van der Waals surface area contributed by atoms with Crippen LogP contribution in [0.4, 0.5) is 0 Å². The average molecular weight is 418 g/mol. The Morgan fingerprint density at radius 1 is 0.935 bits per heavy atom. The van der Waals surface area contributed by atoms with Crippen LogP contribution < -0.4 is 5.32 Å². The summed E-state index contributed by atoms with van der Waals surface area (Å²) in [6, 6.07) is 19.9. The number of hydrogen-bond donors (Lipinski definition) is 1. The van der Waals surface area contributed by atoms with E-state index >= 15 is 0 Å². The molecule has 7 nitrogen and oxygen atoms in total. The van der Waals surface area contributed by atoms with Gasteiger partial charge < -0.3 is 10.2 Å². The summed E-state index contributed by atoms with van der Waals surface area (Å²) in [4.78, 5) is 29.0. The molecular weight excluding hydrogens is 390 g/mol. The summed E-state index contributed by atoms with van der Waals surface area (Å²) < 4.78 is 1.84. The number of piperazine rings is 1. The summed E-state index contributed by atoms with van der Waals surface area (Å²) in [7, 11) is 1.64. The summed E-state index contributed by atoms with van der Waals surface area (Å²) >= 11 is 0. The van der Waals surface area contributed by atoms with E-state index in [2.05, 4.69) is 22.3 Å². The van der Waals surface area contributed by atoms with Gasteiger partial charge in [-0.25, -0.2) is 0 Å². The standard InChI is InChI=1S/C24H27N5O2/c1-25-22(30)18-27-12-14-28(15-13-27)24(31)21-17-29(16-19-8-4-2-5-9-19)26-23(21)20-10-6-3-7-11-20/h2-11,17H,12-16,18H2,1H3,(H,25,30). The predicted octanol–water partition coefficient (Wildman–Crippen LogP) is 2.10. The average Bonchev–Trinajstić information content (AvgIpc) is 3.24. The number of carbonyl (C=O) groups excluding carboxylic acids is 2. The lowest BCUT2D eigenvalue weighted by atomic mass is 10.1. The molecule has 0 bridgehead atoms. The van der Waals surface area contributed by atoms with Crippen LogP contribution in [-0.2, 0) is 11.3 Å². The highest BCUT2D eigenvalue weighted by Crippen LogP contribution is 2.24. The minimum Gasteiger partial charge on any atom is -0.358 e. The first kappa shape index (κ1) is 20.8. The third kappa shape index (κ3) is 5.00. The first-order valence-corrected chi connectivity index (χ1v) is 10.5. The summed E-state index contributed by atoms with van der Waals surface area (Å²) in [6.07, 6.45) is 1.86. The zero-order valence-corrected chi connectivity index (χ0v) is 17.7. The fraction of sp³-hybridized carbons (Fsp3) is 0.292. The molecule has 7 heteroatoms. The van der Waals surface area contributed by atoms with Crippen LogP contribution in [0.3, 0.4) is 0 Å². The smallest absolute Gasteiger partial charge is 0.257 e. The van der Waals surface area contributed by atoms with Gasteiger partial charge in [-0.1, -0.05) is 60.7 Å². The van der Waals surface area contributed by atoms with Crippen LogP contribution in [0.1, 0.15) is 15.9 Å². The first-order valence-electron chi connectivity index (χ1n) is 10.5. The van der Waals surface area contributed by atoms with Crippen molar-refractivity contribution in [2.45, 2.75) is 6.54 Å². The van der Waals surface area contributed by atoms with E-state index in [1.165, 1.54) is 0 Å². The van der Waals surface area contributed by atoms with E-state index in [0.717, 1.165) is 11.1 Å². The van der Waals surface area contributed by atoms with Crippen LogP contribution in [0.25, 0.3) is 11.3 Å². The van der Waals surface area contributed by atoms with Gasteiger partial charge in [-0.05, 0) is 5.56 Å². The second kappa shape index (κ2) is 9.57. The summed E-state index contributed by atoms with van der Waals surface area (Å²) in [5.74, 6) is -0.0221. The van der Waals surface area contributed by atoms with E-state index in [1.807, 2.05) is 64.3 Å². The minimum absolute atomic E-state index is 0.00618. The molecule has 1 aromatic heterocycles. The normalized spacial score (nSPS) is 14.4. The Kier molecular flexibility index (Phi) is 6.43. The van der Waals surface area contributed by atoms with Gasteiger partial charge in [0.1, 0.15) is 5.69 Å². The number of rotatable bonds is 6. The summed E-state index contributed by atoms with van der Waals surface area (Å²) in [5, 5.41) is 7.41. The summed E-state index contributed by atoms with van der Waals surface area (Å²) in [5.41, 5.74) is 3.37. The molecule has 0 atom stereocenters. The van der Waals surface area contributed by atoms with Crippen molar-refractivity contribution < 1.29 is 9.59 Å². The lowest BCUT2D eigenvalue weighted by Gasteiger charge is -2.34. The zero-order chi connectivity index (χ0) is 21.6. The van der Waals surface area contributed by atoms with Crippen LogP contribution in [-0.4, -0.2) is 71.2 Å². The van der Waals surface area contributed by atoms with E-state index in [9.17, 15) is 9.59 Å². The number of nitrogens with one attached hydrogen (secondary N) is 1. The molecule has 2 heterocycles. The fourth-order valence-electron chi connectivity index (χ4n) is 3.80. The van der Waals surface area contributed by atoms with Crippen molar-refractivity contribution >= 4 is 11.8 Å². The van der Waals surface area contributed by atoms with Crippen LogP contribution in [0.2, 0.25) is 0 Å². The molecule has 1 N–H and O–H groups in total. The van der Waals surface area contributed by atoms with Gasteiger partial charge in [0.05, 0.1) is 18.7 Å². The van der Waals surface area contributed by atoms with E-state index in [1.54, 1.807) is 7.05 Å². The Morgan fingerprint density at radius 2 is 1.58 bits per heavy atom. The van der Waals surface area contributed by atoms with Crippen molar-refractivity contribution in [3.8, 4) is 11.3 Å². The Bertz CT molecular complexity index is 1020. The van der Waals surface area contributed by atoms with E-state index in [4.69, 9.17) is 5.10 Å². The van der Waals surface area contributed by atoms with E-state index in [-0.39, 0.29) is 11.8 Å². The largest absolute Gasteiger partial charge is 0.358 e. The maximum atomic E-state index is 13.4. The Morgan fingerprint density at radius 3 is 2.23 bits per heavy atom. The molecule has 0 aliphatic carbocycles. The number of hydrogen-bond acceptors (Lipinski definition) is 4. The molecule has 1 fully saturated rings. The van der Waals surface area contributed by atoms with Crippen molar-refractivity contribution in [3.05, 3.63) is 78.0 Å². The third-order valence-electron chi connectivity index (χ3n) is 5.53. The highest BCUT2D eigenvalue weighted by Gasteiger charge is 2.27. The lowest BCUT2D eigenvalue weighted by molar-refractivity contribution is -0.122. The first-order chi connectivity index (χ1) is 15.1. The molecule has 1 saturated heterocycles. The Hall–Kier alpha value is -3.45. The molecule has 1 aliphatic heterocycles. The molecule has 2 aromatic carbocycles. The molecule has 4 rings (SSSR count). The van der Waals surface area contributed by atoms with E-state index in [0.29, 0.717) is 50.5 Å². The summed E-state index contributed by atoms with van der Waals surface area (Å²) in [6.45, 7) is 3.51. The van der Waals surface area contributed by atoms with Gasteiger partial charge in [0.2, 0.25) is 5.91 Å². The van der Waals surface area contributed by atoms with Crippen LogP contribution >= 0.6 is 0 Å². The van der Waals surface area contributed by atoms with Gasteiger partial charge in [-0.15, -0.1) is 0 Å². The number of nitrogens with zero attached hydrogens (tertiary/aromatic N) is 4. The maximum Gasteiger partial charge on any atom is 0.257 e. The lowest BCUT2D eigenvalue weighted by Crippen LogP contribution is -2.50. The van der Waals surface area contributed by atoms with Crippen molar-refractivity contribution in [3.63, 3.8) is 0 Å². The number of amides is 2. The molecule has 1 aliphatic rings. The topological polar surface area (TPSA) is 70.5 Å². The second-order valence-corrected chi connectivity index (χ2v) is 7.68. The van der Waals surface area contributed by atoms with E-state index < -0.39 is 0 Å². The van der Waals surface area contributed by atoms with Crippen molar-refractivity contribution in [2.24, 2.45) is 0 Å². The molecule has 0 saturated carbocycles. The van der Waals surface area contributed by atoms with Gasteiger partial charge >= 0.3 is 0 Å². The molecule has 160 valence electrons. The molecule has 31 heavy (non-hydrogen) atoms. The van der Waals surface area contributed by atoms with Crippen LogP contribution in [0.15, 0.2) is 66.9 Å². The van der Waals surface area contributed by atoms with Crippen molar-refractivity contribution in [2.75, 3.05) is 39.8 Å². The molecule has 0 unspecified atom stereocenters.